The van der Waals surface area contributed by atoms with Crippen LogP contribution in [0.15, 0.2) is 22.7 Å². The Balaban J connectivity index is 2.61. The molecule has 102 valence electrons. The van der Waals surface area contributed by atoms with Crippen LogP contribution in [0.2, 0.25) is 0 Å². The van der Waals surface area contributed by atoms with Crippen LogP contribution in [0.1, 0.15) is 19.4 Å². The molecule has 0 fully saturated rings. The average molecular weight is 315 g/mol. The maximum Gasteiger partial charge on any atom is 0.133 e. The maximum absolute atomic E-state index is 5.77. The molecule has 0 unspecified atom stereocenters. The molecule has 0 radical (unpaired) electrons. The molecule has 0 aliphatic heterocycles. The van der Waals surface area contributed by atoms with Gasteiger partial charge in [-0.15, -0.1) is 0 Å². The largest absolute Gasteiger partial charge is 0.496 e. The lowest BCUT2D eigenvalue weighted by atomic mass is 10.0. The number of hydrogen-bond acceptors (Lipinski definition) is 3. The number of benzene rings is 1. The van der Waals surface area contributed by atoms with Gasteiger partial charge in [0.2, 0.25) is 0 Å². The number of ether oxygens (including phenoxy) is 1. The van der Waals surface area contributed by atoms with Crippen LogP contribution in [-0.4, -0.2) is 37.7 Å². The van der Waals surface area contributed by atoms with Crippen LogP contribution in [0.3, 0.4) is 0 Å². The Morgan fingerprint density at radius 3 is 2.56 bits per heavy atom. The molecule has 1 rings (SSSR count). The third kappa shape index (κ3) is 3.97. The van der Waals surface area contributed by atoms with Gasteiger partial charge < -0.3 is 10.5 Å². The van der Waals surface area contributed by atoms with Crippen molar-refractivity contribution in [2.75, 3.05) is 27.2 Å². The molecule has 0 heterocycles. The minimum absolute atomic E-state index is 0.0453. The van der Waals surface area contributed by atoms with Crippen LogP contribution in [0, 0.1) is 0 Å². The molecular formula is C14H23BrN2O. The average Bonchev–Trinajstić information content (AvgIpc) is 2.36. The second-order valence-corrected chi connectivity index (χ2v) is 6.01. The van der Waals surface area contributed by atoms with E-state index in [9.17, 15) is 0 Å². The number of methoxy groups -OCH3 is 1. The first-order valence-corrected chi connectivity index (χ1v) is 6.93. The monoisotopic (exact) mass is 314 g/mol. The van der Waals surface area contributed by atoms with E-state index >= 15 is 0 Å². The lowest BCUT2D eigenvalue weighted by Crippen LogP contribution is -2.47. The molecule has 3 nitrogen and oxygen atoms in total. The zero-order valence-corrected chi connectivity index (χ0v) is 13.3. The second kappa shape index (κ2) is 6.55. The van der Waals surface area contributed by atoms with Gasteiger partial charge >= 0.3 is 0 Å². The zero-order chi connectivity index (χ0) is 13.8. The van der Waals surface area contributed by atoms with Crippen molar-refractivity contribution in [2.45, 2.75) is 25.8 Å². The highest BCUT2D eigenvalue weighted by Gasteiger charge is 2.20. The van der Waals surface area contributed by atoms with E-state index in [1.807, 2.05) is 6.07 Å². The Morgan fingerprint density at radius 1 is 1.39 bits per heavy atom. The highest BCUT2D eigenvalue weighted by Crippen LogP contribution is 2.25. The van der Waals surface area contributed by atoms with Crippen LogP contribution in [0.25, 0.3) is 0 Å². The molecule has 0 aliphatic carbocycles. The van der Waals surface area contributed by atoms with Gasteiger partial charge in [-0.3, -0.25) is 4.90 Å². The first-order valence-electron chi connectivity index (χ1n) is 6.14. The molecular weight excluding hydrogens is 292 g/mol. The van der Waals surface area contributed by atoms with Gasteiger partial charge in [-0.25, -0.2) is 0 Å². The summed E-state index contributed by atoms with van der Waals surface area (Å²) in [5, 5.41) is 0. The Morgan fingerprint density at radius 2 is 2.06 bits per heavy atom. The minimum Gasteiger partial charge on any atom is -0.496 e. The SMILES string of the molecule is COc1ccc(CCN(C)C(C)(C)CN)cc1Br. The molecule has 4 heteroatoms. The van der Waals surface area contributed by atoms with Crippen LogP contribution in [-0.2, 0) is 6.42 Å². The minimum atomic E-state index is 0.0453. The number of nitrogens with zero attached hydrogens (tertiary/aromatic N) is 1. The van der Waals surface area contributed by atoms with E-state index in [1.54, 1.807) is 7.11 Å². The molecule has 0 aliphatic rings. The fourth-order valence-electron chi connectivity index (χ4n) is 1.62. The first-order chi connectivity index (χ1) is 8.40. The molecule has 0 aromatic heterocycles. The normalized spacial score (nSPS) is 11.9. The summed E-state index contributed by atoms with van der Waals surface area (Å²) in [7, 11) is 3.79. The highest BCUT2D eigenvalue weighted by molar-refractivity contribution is 9.10. The number of hydrogen-bond donors (Lipinski definition) is 1. The molecule has 2 N–H and O–H groups in total. The van der Waals surface area contributed by atoms with Crippen molar-refractivity contribution in [1.82, 2.24) is 4.90 Å². The molecule has 0 bridgehead atoms. The summed E-state index contributed by atoms with van der Waals surface area (Å²) in [6, 6.07) is 6.21. The van der Waals surface area contributed by atoms with Crippen molar-refractivity contribution in [3.8, 4) is 5.75 Å². The van der Waals surface area contributed by atoms with E-state index in [0.29, 0.717) is 6.54 Å². The first kappa shape index (κ1) is 15.5. The standard InChI is InChI=1S/C14H23BrN2O/c1-14(2,10-16)17(3)8-7-11-5-6-13(18-4)12(15)9-11/h5-6,9H,7-8,10,16H2,1-4H3. The molecule has 18 heavy (non-hydrogen) atoms. The molecule has 0 saturated heterocycles. The summed E-state index contributed by atoms with van der Waals surface area (Å²) in [5.41, 5.74) is 7.11. The molecule has 0 saturated carbocycles. The van der Waals surface area contributed by atoms with E-state index in [-0.39, 0.29) is 5.54 Å². The Labute approximate surface area is 118 Å². The van der Waals surface area contributed by atoms with Crippen LogP contribution in [0.5, 0.6) is 5.75 Å². The summed E-state index contributed by atoms with van der Waals surface area (Å²) < 4.78 is 6.23. The van der Waals surface area contributed by atoms with Crippen LogP contribution >= 0.6 is 15.9 Å². The van der Waals surface area contributed by atoms with Gasteiger partial charge in [0.05, 0.1) is 11.6 Å². The van der Waals surface area contributed by atoms with Gasteiger partial charge in [-0.05, 0) is 60.9 Å². The van der Waals surface area contributed by atoms with Gasteiger partial charge in [0, 0.05) is 18.6 Å². The predicted octanol–water partition coefficient (Wildman–Crippen LogP) is 2.67. The molecule has 0 spiro atoms. The number of likely N-dealkylation sites (N-methyl/N-ethyl adjacent to an activating group) is 1. The van der Waals surface area contributed by atoms with Gasteiger partial charge in [0.25, 0.3) is 0 Å². The maximum atomic E-state index is 5.77. The Kier molecular flexibility index (Phi) is 5.63. The molecule has 0 atom stereocenters. The van der Waals surface area contributed by atoms with Crippen molar-refractivity contribution in [2.24, 2.45) is 5.73 Å². The van der Waals surface area contributed by atoms with Crippen molar-refractivity contribution >= 4 is 15.9 Å². The molecule has 0 amide bonds. The van der Waals surface area contributed by atoms with Gasteiger partial charge in [0.1, 0.15) is 5.75 Å². The van der Waals surface area contributed by atoms with Gasteiger partial charge in [0.15, 0.2) is 0 Å². The predicted molar refractivity (Wildman–Crippen MR) is 80.2 cm³/mol. The summed E-state index contributed by atoms with van der Waals surface area (Å²) in [4.78, 5) is 2.30. The van der Waals surface area contributed by atoms with E-state index < -0.39 is 0 Å². The van der Waals surface area contributed by atoms with Crippen molar-refractivity contribution in [3.05, 3.63) is 28.2 Å². The van der Waals surface area contributed by atoms with E-state index in [1.165, 1.54) is 5.56 Å². The third-order valence-corrected chi connectivity index (χ3v) is 4.10. The number of nitrogens with two attached hydrogens (primary N) is 1. The van der Waals surface area contributed by atoms with E-state index in [4.69, 9.17) is 10.5 Å². The lowest BCUT2D eigenvalue weighted by Gasteiger charge is -2.34. The summed E-state index contributed by atoms with van der Waals surface area (Å²) >= 11 is 3.51. The lowest BCUT2D eigenvalue weighted by molar-refractivity contribution is 0.166. The van der Waals surface area contributed by atoms with Crippen molar-refractivity contribution in [1.29, 1.82) is 0 Å². The topological polar surface area (TPSA) is 38.5 Å². The summed E-state index contributed by atoms with van der Waals surface area (Å²) in [6.45, 7) is 5.98. The van der Waals surface area contributed by atoms with Crippen LogP contribution in [0.4, 0.5) is 0 Å². The third-order valence-electron chi connectivity index (χ3n) is 3.48. The Bertz CT molecular complexity index is 393. The number of halogens is 1. The summed E-state index contributed by atoms with van der Waals surface area (Å²) in [5.74, 6) is 0.870. The fourth-order valence-corrected chi connectivity index (χ4v) is 2.21. The molecule has 1 aromatic carbocycles. The smallest absolute Gasteiger partial charge is 0.133 e. The summed E-state index contributed by atoms with van der Waals surface area (Å²) in [6.07, 6.45) is 1.00. The van der Waals surface area contributed by atoms with Crippen molar-refractivity contribution < 1.29 is 4.74 Å². The Hall–Kier alpha value is -0.580. The highest BCUT2D eigenvalue weighted by atomic mass is 79.9. The van der Waals surface area contributed by atoms with Gasteiger partial charge in [-0.2, -0.15) is 0 Å². The fraction of sp³-hybridized carbons (Fsp3) is 0.571. The second-order valence-electron chi connectivity index (χ2n) is 5.16. The van der Waals surface area contributed by atoms with E-state index in [2.05, 4.69) is 53.9 Å². The zero-order valence-electron chi connectivity index (χ0n) is 11.7. The van der Waals surface area contributed by atoms with Crippen molar-refractivity contribution in [3.63, 3.8) is 0 Å². The van der Waals surface area contributed by atoms with E-state index in [0.717, 1.165) is 23.2 Å². The van der Waals surface area contributed by atoms with Crippen LogP contribution < -0.4 is 10.5 Å². The van der Waals surface area contributed by atoms with Gasteiger partial charge in [-0.1, -0.05) is 6.07 Å². The molecule has 1 aromatic rings. The number of rotatable bonds is 6. The quantitative estimate of drug-likeness (QED) is 0.877.